The van der Waals surface area contributed by atoms with Crippen molar-refractivity contribution in [3.05, 3.63) is 77.6 Å². The molecule has 1 aliphatic heterocycles. The van der Waals surface area contributed by atoms with Gasteiger partial charge in [0, 0.05) is 39.4 Å². The van der Waals surface area contributed by atoms with Crippen molar-refractivity contribution in [2.24, 2.45) is 0 Å². The van der Waals surface area contributed by atoms with Gasteiger partial charge in [-0.05, 0) is 50.4 Å². The lowest BCUT2D eigenvalue weighted by molar-refractivity contribution is -0.129. The molecule has 1 aromatic carbocycles. The quantitative estimate of drug-likeness (QED) is 0.244. The van der Waals surface area contributed by atoms with Gasteiger partial charge in [-0.3, -0.25) is 9.48 Å². The van der Waals surface area contributed by atoms with Crippen LogP contribution >= 0.6 is 11.3 Å². The number of carbonyl (C=O) groups excluding carboxylic acids is 1. The van der Waals surface area contributed by atoms with Gasteiger partial charge in [-0.1, -0.05) is 6.58 Å². The molecule has 2 atom stereocenters. The minimum absolute atomic E-state index is 0.00962. The Kier molecular flexibility index (Phi) is 7.49. The van der Waals surface area contributed by atoms with Crippen molar-refractivity contribution in [2.75, 3.05) is 6.61 Å². The van der Waals surface area contributed by atoms with Crippen LogP contribution in [0.4, 0.5) is 8.78 Å². The number of halogens is 2. The van der Waals surface area contributed by atoms with Crippen molar-refractivity contribution in [2.45, 2.75) is 46.0 Å². The fraction of sp³-hybridized carbons (Fsp3) is 0.258. The van der Waals surface area contributed by atoms with Gasteiger partial charge in [0.25, 0.3) is 0 Å². The first-order valence-electron chi connectivity index (χ1n) is 13.7. The number of aromatic nitrogens is 5. The summed E-state index contributed by atoms with van der Waals surface area (Å²) in [7, 11) is 0. The molecule has 220 valence electrons. The minimum Gasteiger partial charge on any atom is -0.490 e. The third kappa shape index (κ3) is 5.28. The third-order valence-electron chi connectivity index (χ3n) is 7.27. The monoisotopic (exact) mass is 602 g/mol. The first-order chi connectivity index (χ1) is 20.6. The fourth-order valence-corrected chi connectivity index (χ4v) is 6.28. The normalized spacial score (nSPS) is 15.4. The van der Waals surface area contributed by atoms with Crippen LogP contribution in [-0.4, -0.2) is 59.6 Å². The van der Waals surface area contributed by atoms with Gasteiger partial charge in [0.05, 0.1) is 48.0 Å². The first kappa shape index (κ1) is 28.6. The predicted molar refractivity (Wildman–Crippen MR) is 159 cm³/mol. The van der Waals surface area contributed by atoms with E-state index in [1.807, 2.05) is 42.1 Å². The number of hydrogen-bond donors (Lipinski definition) is 1. The Bertz CT molecular complexity index is 1890. The molecule has 1 N–H and O–H groups in total. The molecule has 0 fully saturated rings. The number of aryl methyl sites for hydroxylation is 1. The Morgan fingerprint density at radius 1 is 1.26 bits per heavy atom. The molecule has 1 amide bonds. The van der Waals surface area contributed by atoms with Crippen LogP contribution in [0, 0.1) is 18.6 Å². The summed E-state index contributed by atoms with van der Waals surface area (Å²) in [6, 6.07) is 7.36. The second kappa shape index (κ2) is 11.3. The van der Waals surface area contributed by atoms with Gasteiger partial charge in [0.15, 0.2) is 0 Å². The molecule has 5 aromatic rings. The summed E-state index contributed by atoms with van der Waals surface area (Å²) in [6.45, 7) is 9.49. The molecule has 12 heteroatoms. The average Bonchev–Trinajstić information content (AvgIpc) is 3.62. The van der Waals surface area contributed by atoms with E-state index in [2.05, 4.69) is 16.8 Å². The van der Waals surface area contributed by atoms with Crippen LogP contribution in [0.1, 0.15) is 25.2 Å². The summed E-state index contributed by atoms with van der Waals surface area (Å²) >= 11 is 1.38. The van der Waals surface area contributed by atoms with Crippen molar-refractivity contribution < 1.29 is 23.4 Å². The number of ether oxygens (including phenoxy) is 1. The average molecular weight is 603 g/mol. The number of benzene rings is 1. The minimum atomic E-state index is -0.869. The van der Waals surface area contributed by atoms with E-state index in [0.29, 0.717) is 51.7 Å². The molecule has 0 saturated carbocycles. The molecule has 0 spiro atoms. The van der Waals surface area contributed by atoms with Crippen LogP contribution in [0.15, 0.2) is 54.6 Å². The molecule has 0 aliphatic carbocycles. The van der Waals surface area contributed by atoms with Gasteiger partial charge in [0.1, 0.15) is 35.4 Å². The summed E-state index contributed by atoms with van der Waals surface area (Å²) in [6.07, 6.45) is 2.03. The van der Waals surface area contributed by atoms with Gasteiger partial charge < -0.3 is 14.7 Å². The van der Waals surface area contributed by atoms with E-state index in [9.17, 15) is 14.3 Å². The van der Waals surface area contributed by atoms with Crippen molar-refractivity contribution in [3.63, 3.8) is 0 Å². The number of nitrogens with zero attached hydrogens (tertiary/aromatic N) is 6. The van der Waals surface area contributed by atoms with Crippen LogP contribution in [0.2, 0.25) is 0 Å². The smallest absolute Gasteiger partial charge is 0.246 e. The van der Waals surface area contributed by atoms with Crippen molar-refractivity contribution in [1.82, 2.24) is 29.9 Å². The number of amides is 1. The molecule has 4 aromatic heterocycles. The van der Waals surface area contributed by atoms with Crippen molar-refractivity contribution in [1.29, 1.82) is 0 Å². The molecule has 0 saturated heterocycles. The highest BCUT2D eigenvalue weighted by molar-refractivity contribution is 7.18. The number of thiophene rings is 1. The molecule has 1 aliphatic rings. The number of rotatable bonds is 7. The Morgan fingerprint density at radius 3 is 2.81 bits per heavy atom. The lowest BCUT2D eigenvalue weighted by atomic mass is 9.96. The van der Waals surface area contributed by atoms with E-state index < -0.39 is 17.7 Å². The van der Waals surface area contributed by atoms with Gasteiger partial charge >= 0.3 is 0 Å². The molecular formula is C31H28F2N6O3S. The molecule has 0 radical (unpaired) electrons. The maximum absolute atomic E-state index is 15.9. The molecule has 5 heterocycles. The molecule has 2 unspecified atom stereocenters. The van der Waals surface area contributed by atoms with Gasteiger partial charge in [0.2, 0.25) is 5.91 Å². The number of aliphatic hydroxyl groups is 1. The van der Waals surface area contributed by atoms with Gasteiger partial charge in [-0.2, -0.15) is 15.3 Å². The van der Waals surface area contributed by atoms with Crippen LogP contribution in [0.5, 0.6) is 5.75 Å². The summed E-state index contributed by atoms with van der Waals surface area (Å²) in [4.78, 5) is 19.3. The maximum atomic E-state index is 15.9. The van der Waals surface area contributed by atoms with Crippen molar-refractivity contribution >= 4 is 27.3 Å². The third-order valence-corrected chi connectivity index (χ3v) is 8.20. The van der Waals surface area contributed by atoms with E-state index in [4.69, 9.17) is 14.8 Å². The summed E-state index contributed by atoms with van der Waals surface area (Å²) in [5.41, 5.74) is 3.98. The summed E-state index contributed by atoms with van der Waals surface area (Å²) in [5.74, 6) is -1.90. The van der Waals surface area contributed by atoms with Gasteiger partial charge in [-0.25, -0.2) is 13.8 Å². The number of fused-ring (bicyclic) bond motifs is 2. The highest BCUT2D eigenvalue weighted by Crippen LogP contribution is 2.47. The highest BCUT2D eigenvalue weighted by atomic mass is 32.1. The topological polar surface area (TPSA) is 106 Å². The summed E-state index contributed by atoms with van der Waals surface area (Å²) in [5, 5.41) is 25.5. The van der Waals surface area contributed by atoms with E-state index >= 15 is 4.39 Å². The van der Waals surface area contributed by atoms with Crippen LogP contribution in [0.3, 0.4) is 0 Å². The van der Waals surface area contributed by atoms with Crippen molar-refractivity contribution in [3.8, 4) is 39.5 Å². The Balaban J connectivity index is 1.64. The number of hydrogen-bond acceptors (Lipinski definition) is 8. The van der Waals surface area contributed by atoms with E-state index in [0.717, 1.165) is 23.2 Å². The van der Waals surface area contributed by atoms with Crippen LogP contribution < -0.4 is 4.74 Å². The second-order valence-corrected chi connectivity index (χ2v) is 11.5. The van der Waals surface area contributed by atoms with E-state index in [-0.39, 0.29) is 29.9 Å². The largest absolute Gasteiger partial charge is 0.490 e. The number of pyridine rings is 1. The standard InChI is InChI=1S/C31H28F2N6O3S/c1-5-26(41)38-14-21-11-24(37-39(21)13-17(38)3)30-28(27-23(33)9-20(32)10-25(27)42-15-18(4)40)31-22(6-7-43-31)29(35-30)19-8-16(2)36-34-12-19/h5-12,17-18,40H,1,13-15H2,2-4H3. The highest BCUT2D eigenvalue weighted by Gasteiger charge is 2.30. The molecule has 0 bridgehead atoms. The second-order valence-electron chi connectivity index (χ2n) is 10.6. The zero-order chi connectivity index (χ0) is 30.4. The fourth-order valence-electron chi connectivity index (χ4n) is 5.33. The van der Waals surface area contributed by atoms with Gasteiger partial charge in [-0.15, -0.1) is 11.3 Å². The first-order valence-corrected chi connectivity index (χ1v) is 14.5. The molecule has 43 heavy (non-hydrogen) atoms. The molecule has 6 rings (SSSR count). The Labute approximate surface area is 250 Å². The molecular weight excluding hydrogens is 574 g/mol. The van der Waals surface area contributed by atoms with Crippen LogP contribution in [0.25, 0.3) is 43.9 Å². The van der Waals surface area contributed by atoms with Crippen LogP contribution in [-0.2, 0) is 17.9 Å². The zero-order valence-corrected chi connectivity index (χ0v) is 24.5. The lowest BCUT2D eigenvalue weighted by Crippen LogP contribution is -2.44. The maximum Gasteiger partial charge on any atom is 0.246 e. The SMILES string of the molecule is C=CC(=O)N1Cc2cc(-c3nc(-c4cnnc(C)c4)c4ccsc4c3-c3c(F)cc(F)cc3OCC(C)O)nn2CC1C. The summed E-state index contributed by atoms with van der Waals surface area (Å²) < 4.78 is 38.7. The zero-order valence-electron chi connectivity index (χ0n) is 23.7. The Hall–Kier alpha value is -4.55. The van der Waals surface area contributed by atoms with E-state index in [1.54, 1.807) is 11.1 Å². The predicted octanol–water partition coefficient (Wildman–Crippen LogP) is 5.55. The number of aliphatic hydroxyl groups excluding tert-OH is 1. The van der Waals surface area contributed by atoms with E-state index in [1.165, 1.54) is 24.3 Å². The number of carbonyl (C=O) groups is 1. The lowest BCUT2D eigenvalue weighted by Gasteiger charge is -2.33. The Morgan fingerprint density at radius 2 is 2.07 bits per heavy atom. The molecule has 9 nitrogen and oxygen atoms in total.